The average molecular weight is 334 g/mol. The van der Waals surface area contributed by atoms with Crippen LogP contribution in [0.25, 0.3) is 11.3 Å². The molecule has 1 aliphatic heterocycles. The Balaban J connectivity index is 1.40. The fourth-order valence-electron chi connectivity index (χ4n) is 3.21. The third kappa shape index (κ3) is 3.42. The third-order valence-corrected chi connectivity index (χ3v) is 4.63. The van der Waals surface area contributed by atoms with Gasteiger partial charge in [0.2, 0.25) is 0 Å². The average Bonchev–Trinajstić information content (AvgIpc) is 3.25. The Morgan fingerprint density at radius 3 is 2.92 bits per heavy atom. The van der Waals surface area contributed by atoms with E-state index in [9.17, 15) is 0 Å². The molecule has 2 aromatic heterocycles. The summed E-state index contributed by atoms with van der Waals surface area (Å²) in [6.07, 6.45) is 4.83. The first-order valence-electron chi connectivity index (χ1n) is 8.66. The number of nitrogens with one attached hydrogen (secondary N) is 2. The van der Waals surface area contributed by atoms with Crippen LogP contribution in [0.1, 0.15) is 36.7 Å². The summed E-state index contributed by atoms with van der Waals surface area (Å²) in [5.41, 5.74) is 5.66. The highest BCUT2D eigenvalue weighted by Gasteiger charge is 2.20. The largest absolute Gasteiger partial charge is 0.490 e. The van der Waals surface area contributed by atoms with Crippen LogP contribution in [-0.2, 0) is 13.0 Å². The minimum Gasteiger partial charge on any atom is -0.490 e. The fraction of sp³-hybridized carbons (Fsp3) is 0.300. The van der Waals surface area contributed by atoms with Gasteiger partial charge in [0, 0.05) is 42.7 Å². The van der Waals surface area contributed by atoms with Crippen LogP contribution in [0, 0.1) is 0 Å². The molecule has 1 unspecified atom stereocenters. The van der Waals surface area contributed by atoms with E-state index in [4.69, 9.17) is 4.74 Å². The standard InChI is InChI=1S/C20H22N4O/c1-13-9-17-10-16(3-4-20(17)25-13)14(2)22-12-18-11-19(24-23-18)15-5-7-21-8-6-15/h3-8,10-11,13-14,22H,9,12H2,1-2H3,(H,23,24)/t13?,14-/m1/s1. The van der Waals surface area contributed by atoms with E-state index < -0.39 is 0 Å². The lowest BCUT2D eigenvalue weighted by molar-refractivity contribution is 0.254. The molecule has 2 N–H and O–H groups in total. The molecule has 25 heavy (non-hydrogen) atoms. The molecule has 0 saturated heterocycles. The van der Waals surface area contributed by atoms with Gasteiger partial charge in [-0.1, -0.05) is 12.1 Å². The topological polar surface area (TPSA) is 62.8 Å². The number of hydrogen-bond acceptors (Lipinski definition) is 4. The molecular formula is C20H22N4O. The van der Waals surface area contributed by atoms with Crippen molar-refractivity contribution in [2.24, 2.45) is 0 Å². The lowest BCUT2D eigenvalue weighted by Gasteiger charge is -2.14. The summed E-state index contributed by atoms with van der Waals surface area (Å²) in [4.78, 5) is 4.04. The third-order valence-electron chi connectivity index (χ3n) is 4.63. The Bertz CT molecular complexity index is 859. The molecule has 0 spiro atoms. The Morgan fingerprint density at radius 2 is 2.08 bits per heavy atom. The second kappa shape index (κ2) is 6.69. The molecule has 0 radical (unpaired) electrons. The maximum atomic E-state index is 5.78. The molecule has 1 aliphatic rings. The number of hydrogen-bond donors (Lipinski definition) is 2. The number of aromatic amines is 1. The molecule has 5 heteroatoms. The van der Waals surface area contributed by atoms with Gasteiger partial charge in [-0.3, -0.25) is 10.1 Å². The predicted octanol–water partition coefficient (Wildman–Crippen LogP) is 3.65. The summed E-state index contributed by atoms with van der Waals surface area (Å²) in [5.74, 6) is 1.03. The van der Waals surface area contributed by atoms with Gasteiger partial charge in [-0.05, 0) is 49.2 Å². The molecule has 128 valence electrons. The van der Waals surface area contributed by atoms with Gasteiger partial charge in [0.1, 0.15) is 11.9 Å². The molecule has 1 aromatic carbocycles. The number of nitrogens with zero attached hydrogens (tertiary/aromatic N) is 2. The summed E-state index contributed by atoms with van der Waals surface area (Å²) in [7, 11) is 0. The van der Waals surface area contributed by atoms with Crippen LogP contribution in [0.2, 0.25) is 0 Å². The molecule has 2 atom stereocenters. The smallest absolute Gasteiger partial charge is 0.123 e. The van der Waals surface area contributed by atoms with E-state index in [0.717, 1.165) is 35.7 Å². The molecule has 3 heterocycles. The van der Waals surface area contributed by atoms with Gasteiger partial charge < -0.3 is 10.1 Å². The van der Waals surface area contributed by atoms with Crippen LogP contribution in [0.15, 0.2) is 48.8 Å². The van der Waals surface area contributed by atoms with Gasteiger partial charge in [0.15, 0.2) is 0 Å². The monoisotopic (exact) mass is 334 g/mol. The number of benzene rings is 1. The molecular weight excluding hydrogens is 312 g/mol. The Labute approximate surface area is 147 Å². The van der Waals surface area contributed by atoms with Crippen LogP contribution in [0.4, 0.5) is 0 Å². The molecule has 5 nitrogen and oxygen atoms in total. The van der Waals surface area contributed by atoms with Gasteiger partial charge in [-0.15, -0.1) is 0 Å². The van der Waals surface area contributed by atoms with E-state index in [-0.39, 0.29) is 12.1 Å². The molecule has 0 saturated carbocycles. The summed E-state index contributed by atoms with van der Waals surface area (Å²) in [5, 5.41) is 11.0. The summed E-state index contributed by atoms with van der Waals surface area (Å²) >= 11 is 0. The summed E-state index contributed by atoms with van der Waals surface area (Å²) in [6.45, 7) is 5.03. The van der Waals surface area contributed by atoms with Crippen molar-refractivity contribution < 1.29 is 4.74 Å². The molecule has 0 fully saturated rings. The fourth-order valence-corrected chi connectivity index (χ4v) is 3.21. The zero-order valence-electron chi connectivity index (χ0n) is 14.5. The van der Waals surface area contributed by atoms with Crippen molar-refractivity contribution in [2.45, 2.75) is 39.0 Å². The highest BCUT2D eigenvalue weighted by molar-refractivity contribution is 5.58. The van der Waals surface area contributed by atoms with Crippen molar-refractivity contribution in [1.82, 2.24) is 20.5 Å². The molecule has 0 aliphatic carbocycles. The van der Waals surface area contributed by atoms with Crippen molar-refractivity contribution in [2.75, 3.05) is 0 Å². The van der Waals surface area contributed by atoms with Crippen molar-refractivity contribution in [3.63, 3.8) is 0 Å². The second-order valence-electron chi connectivity index (χ2n) is 6.62. The van der Waals surface area contributed by atoms with E-state index >= 15 is 0 Å². The number of aromatic nitrogens is 3. The summed E-state index contributed by atoms with van der Waals surface area (Å²) in [6, 6.07) is 12.7. The van der Waals surface area contributed by atoms with Crippen LogP contribution in [0.5, 0.6) is 5.75 Å². The number of fused-ring (bicyclic) bond motifs is 1. The maximum Gasteiger partial charge on any atom is 0.123 e. The van der Waals surface area contributed by atoms with Crippen molar-refractivity contribution in [3.8, 4) is 17.0 Å². The zero-order chi connectivity index (χ0) is 17.2. The Morgan fingerprint density at radius 1 is 1.24 bits per heavy atom. The number of pyridine rings is 1. The minimum absolute atomic E-state index is 0.258. The maximum absolute atomic E-state index is 5.78. The minimum atomic E-state index is 0.258. The van der Waals surface area contributed by atoms with Gasteiger partial charge in [0.05, 0.1) is 5.69 Å². The molecule has 0 amide bonds. The quantitative estimate of drug-likeness (QED) is 0.748. The number of H-pyrrole nitrogens is 1. The van der Waals surface area contributed by atoms with E-state index in [1.807, 2.05) is 12.1 Å². The number of ether oxygens (including phenoxy) is 1. The summed E-state index contributed by atoms with van der Waals surface area (Å²) < 4.78 is 5.78. The van der Waals surface area contributed by atoms with Gasteiger partial charge >= 0.3 is 0 Å². The van der Waals surface area contributed by atoms with Gasteiger partial charge in [0.25, 0.3) is 0 Å². The van der Waals surface area contributed by atoms with Crippen molar-refractivity contribution >= 4 is 0 Å². The predicted molar refractivity (Wildman–Crippen MR) is 97.3 cm³/mol. The van der Waals surface area contributed by atoms with E-state index in [1.165, 1.54) is 11.1 Å². The molecule has 4 rings (SSSR count). The SMILES string of the molecule is CC1Cc2cc([C@@H](C)NCc3cc(-c4ccncc4)n[nH]3)ccc2O1. The Hall–Kier alpha value is -2.66. The van der Waals surface area contributed by atoms with E-state index in [0.29, 0.717) is 0 Å². The lowest BCUT2D eigenvalue weighted by atomic mass is 10.0. The molecule has 3 aromatic rings. The lowest BCUT2D eigenvalue weighted by Crippen LogP contribution is -2.18. The van der Waals surface area contributed by atoms with Crippen LogP contribution >= 0.6 is 0 Å². The van der Waals surface area contributed by atoms with Crippen LogP contribution < -0.4 is 10.1 Å². The van der Waals surface area contributed by atoms with Crippen LogP contribution in [-0.4, -0.2) is 21.3 Å². The zero-order valence-corrected chi connectivity index (χ0v) is 14.5. The normalized spacial score (nSPS) is 17.1. The van der Waals surface area contributed by atoms with Gasteiger partial charge in [-0.25, -0.2) is 0 Å². The van der Waals surface area contributed by atoms with Gasteiger partial charge in [-0.2, -0.15) is 5.10 Å². The highest BCUT2D eigenvalue weighted by atomic mass is 16.5. The second-order valence-corrected chi connectivity index (χ2v) is 6.62. The number of rotatable bonds is 5. The first-order valence-corrected chi connectivity index (χ1v) is 8.66. The van der Waals surface area contributed by atoms with E-state index in [1.54, 1.807) is 12.4 Å². The van der Waals surface area contributed by atoms with Crippen molar-refractivity contribution in [1.29, 1.82) is 0 Å². The van der Waals surface area contributed by atoms with Crippen LogP contribution in [0.3, 0.4) is 0 Å². The molecule has 0 bridgehead atoms. The Kier molecular flexibility index (Phi) is 4.24. The van der Waals surface area contributed by atoms with E-state index in [2.05, 4.69) is 58.6 Å². The van der Waals surface area contributed by atoms with Crippen molar-refractivity contribution in [3.05, 3.63) is 65.6 Å². The first kappa shape index (κ1) is 15.8. The highest BCUT2D eigenvalue weighted by Crippen LogP contribution is 2.31. The first-order chi connectivity index (χ1) is 12.2.